The smallest absolute Gasteiger partial charge is 0.316 e. The predicted octanol–water partition coefficient (Wildman–Crippen LogP) is 0.918. The molecule has 1 aromatic rings. The van der Waals surface area contributed by atoms with Crippen molar-refractivity contribution < 1.29 is 19.4 Å². The number of carbonyl (C=O) groups excluding carboxylic acids is 1. The maximum atomic E-state index is 12.4. The number of aliphatic hydroxyl groups excluding tert-OH is 1. The first-order chi connectivity index (χ1) is 10.7. The van der Waals surface area contributed by atoms with E-state index in [9.17, 15) is 9.90 Å². The van der Waals surface area contributed by atoms with Crippen LogP contribution >= 0.6 is 0 Å². The fraction of sp³-hybridized carbons (Fsp3) is 0.588. The average molecular weight is 303 g/mol. The van der Waals surface area contributed by atoms with Crippen LogP contribution in [-0.2, 0) is 14.3 Å². The number of piperidine rings is 1. The van der Waals surface area contributed by atoms with Gasteiger partial charge < -0.3 is 14.6 Å². The molecule has 0 radical (unpaired) electrons. The van der Waals surface area contributed by atoms with Gasteiger partial charge in [0, 0.05) is 24.9 Å². The van der Waals surface area contributed by atoms with E-state index in [1.165, 1.54) is 0 Å². The summed E-state index contributed by atoms with van der Waals surface area (Å²) in [4.78, 5) is 14.8. The van der Waals surface area contributed by atoms with Gasteiger partial charge in [0.2, 0.25) is 0 Å². The summed E-state index contributed by atoms with van der Waals surface area (Å²) in [7, 11) is 2.13. The third-order valence-corrected chi connectivity index (χ3v) is 5.33. The molecule has 4 rings (SSSR count). The van der Waals surface area contributed by atoms with Gasteiger partial charge in [0.25, 0.3) is 0 Å². The molecule has 3 heterocycles. The van der Waals surface area contributed by atoms with Gasteiger partial charge in [-0.25, -0.2) is 0 Å². The summed E-state index contributed by atoms with van der Waals surface area (Å²) in [5, 5.41) is 9.56. The van der Waals surface area contributed by atoms with Gasteiger partial charge in [-0.15, -0.1) is 0 Å². The molecule has 0 amide bonds. The first kappa shape index (κ1) is 14.2. The van der Waals surface area contributed by atoms with Crippen molar-refractivity contribution in [1.82, 2.24) is 4.90 Å². The standard InChI is InChI=1S/C17H21NO4/c1-18-13-7-11(8-14(18)16-15(13)22-16)21-17(20)12(9-19)10-5-3-2-4-6-10/h2-6,11-16,19H,7-9H2,1H3/t11?,12?,13-,14+,15-,16+. The van der Waals surface area contributed by atoms with Crippen LogP contribution in [0.1, 0.15) is 24.3 Å². The highest BCUT2D eigenvalue weighted by atomic mass is 16.6. The number of esters is 1. The first-order valence-corrected chi connectivity index (χ1v) is 7.92. The molecule has 6 atom stereocenters. The molecule has 3 aliphatic rings. The van der Waals surface area contributed by atoms with Gasteiger partial charge in [-0.3, -0.25) is 9.69 Å². The zero-order valence-electron chi connectivity index (χ0n) is 12.6. The Balaban J connectivity index is 1.42. The molecule has 0 saturated carbocycles. The third-order valence-electron chi connectivity index (χ3n) is 5.33. The Bertz CT molecular complexity index is 545. The zero-order valence-corrected chi connectivity index (χ0v) is 12.6. The molecule has 3 saturated heterocycles. The second-order valence-electron chi connectivity index (χ2n) is 6.54. The summed E-state index contributed by atoms with van der Waals surface area (Å²) in [5.41, 5.74) is 0.803. The number of likely N-dealkylation sites (N-methyl/N-ethyl adjacent to an activating group) is 1. The summed E-state index contributed by atoms with van der Waals surface area (Å²) in [6.07, 6.45) is 2.26. The van der Waals surface area contributed by atoms with Gasteiger partial charge in [0.05, 0.1) is 6.61 Å². The lowest BCUT2D eigenvalue weighted by atomic mass is 9.97. The van der Waals surface area contributed by atoms with Gasteiger partial charge >= 0.3 is 5.97 Å². The van der Waals surface area contributed by atoms with Crippen molar-refractivity contribution in [2.45, 2.75) is 49.2 Å². The molecule has 5 nitrogen and oxygen atoms in total. The number of epoxide rings is 1. The van der Waals surface area contributed by atoms with Crippen LogP contribution in [0.3, 0.4) is 0 Å². The molecule has 0 spiro atoms. The topological polar surface area (TPSA) is 62.3 Å². The predicted molar refractivity (Wildman–Crippen MR) is 79.4 cm³/mol. The average Bonchev–Trinajstić information content (AvgIpc) is 3.27. The van der Waals surface area contributed by atoms with Crippen molar-refractivity contribution in [2.24, 2.45) is 0 Å². The van der Waals surface area contributed by atoms with Crippen LogP contribution in [0.4, 0.5) is 0 Å². The monoisotopic (exact) mass is 303 g/mol. The molecule has 3 fully saturated rings. The molecule has 0 aliphatic carbocycles. The van der Waals surface area contributed by atoms with Crippen molar-refractivity contribution in [3.8, 4) is 0 Å². The Kier molecular flexibility index (Phi) is 3.44. The fourth-order valence-corrected chi connectivity index (χ4v) is 4.04. The zero-order chi connectivity index (χ0) is 15.3. The number of aliphatic hydroxyl groups is 1. The first-order valence-electron chi connectivity index (χ1n) is 7.92. The van der Waals surface area contributed by atoms with Crippen LogP contribution < -0.4 is 0 Å². The van der Waals surface area contributed by atoms with Crippen LogP contribution in [0.15, 0.2) is 30.3 Å². The van der Waals surface area contributed by atoms with Crippen molar-refractivity contribution in [3.05, 3.63) is 35.9 Å². The number of morpholine rings is 1. The van der Waals surface area contributed by atoms with Crippen LogP contribution in [-0.4, -0.2) is 60.0 Å². The summed E-state index contributed by atoms with van der Waals surface area (Å²) in [6.45, 7) is -0.226. The lowest BCUT2D eigenvalue weighted by molar-refractivity contribution is -0.156. The normalized spacial score (nSPS) is 37.5. The van der Waals surface area contributed by atoms with E-state index in [0.29, 0.717) is 24.3 Å². The van der Waals surface area contributed by atoms with Gasteiger partial charge in [0.1, 0.15) is 24.2 Å². The van der Waals surface area contributed by atoms with E-state index in [4.69, 9.17) is 9.47 Å². The van der Waals surface area contributed by atoms with E-state index in [1.807, 2.05) is 30.3 Å². The number of hydrogen-bond donors (Lipinski definition) is 1. The van der Waals surface area contributed by atoms with E-state index < -0.39 is 5.92 Å². The maximum Gasteiger partial charge on any atom is 0.316 e. The third kappa shape index (κ3) is 2.24. The molecule has 1 aromatic carbocycles. The number of ether oxygens (including phenoxy) is 2. The number of fused-ring (bicyclic) bond motifs is 5. The Morgan fingerprint density at radius 1 is 1.32 bits per heavy atom. The van der Waals surface area contributed by atoms with Gasteiger partial charge in [-0.2, -0.15) is 0 Å². The molecule has 22 heavy (non-hydrogen) atoms. The number of hydrogen-bond acceptors (Lipinski definition) is 5. The minimum atomic E-state index is -0.593. The Labute approximate surface area is 129 Å². The van der Waals surface area contributed by atoms with E-state index in [0.717, 1.165) is 18.4 Å². The summed E-state index contributed by atoms with van der Waals surface area (Å²) < 4.78 is 11.4. The molecule has 3 aliphatic heterocycles. The second-order valence-corrected chi connectivity index (χ2v) is 6.54. The van der Waals surface area contributed by atoms with Gasteiger partial charge in [-0.05, 0) is 12.6 Å². The van der Waals surface area contributed by atoms with Crippen molar-refractivity contribution in [2.75, 3.05) is 13.7 Å². The number of rotatable bonds is 4. The van der Waals surface area contributed by atoms with Crippen LogP contribution in [0.5, 0.6) is 0 Å². The lowest BCUT2D eigenvalue weighted by Gasteiger charge is -2.38. The molecular formula is C17H21NO4. The van der Waals surface area contributed by atoms with E-state index in [-0.39, 0.29) is 18.7 Å². The molecule has 2 bridgehead atoms. The van der Waals surface area contributed by atoms with Crippen molar-refractivity contribution in [3.63, 3.8) is 0 Å². The molecule has 0 aromatic heterocycles. The molecule has 1 N–H and O–H groups in total. The molecule has 5 heteroatoms. The second kappa shape index (κ2) is 5.33. The Morgan fingerprint density at radius 3 is 2.55 bits per heavy atom. The number of nitrogens with zero attached hydrogens (tertiary/aromatic N) is 1. The Hall–Kier alpha value is -1.43. The van der Waals surface area contributed by atoms with Crippen LogP contribution in [0.2, 0.25) is 0 Å². The number of carbonyl (C=O) groups is 1. The van der Waals surface area contributed by atoms with Gasteiger partial charge in [-0.1, -0.05) is 30.3 Å². The Morgan fingerprint density at radius 2 is 1.95 bits per heavy atom. The van der Waals surface area contributed by atoms with E-state index in [2.05, 4.69) is 11.9 Å². The van der Waals surface area contributed by atoms with Gasteiger partial charge in [0.15, 0.2) is 0 Å². The molecular weight excluding hydrogens is 282 g/mol. The van der Waals surface area contributed by atoms with Crippen molar-refractivity contribution >= 4 is 5.97 Å². The number of benzene rings is 1. The quantitative estimate of drug-likeness (QED) is 0.662. The minimum absolute atomic E-state index is 0.0622. The van der Waals surface area contributed by atoms with E-state index in [1.54, 1.807) is 0 Å². The van der Waals surface area contributed by atoms with Crippen LogP contribution in [0, 0.1) is 0 Å². The maximum absolute atomic E-state index is 12.4. The molecule has 118 valence electrons. The minimum Gasteiger partial charge on any atom is -0.462 e. The lowest BCUT2D eigenvalue weighted by Crippen LogP contribution is -2.48. The fourth-order valence-electron chi connectivity index (χ4n) is 4.04. The summed E-state index contributed by atoms with van der Waals surface area (Å²) in [5.74, 6) is -0.915. The molecule has 2 unspecified atom stereocenters. The highest BCUT2D eigenvalue weighted by Gasteiger charge is 2.62. The highest BCUT2D eigenvalue weighted by Crippen LogP contribution is 2.48. The summed E-state index contributed by atoms with van der Waals surface area (Å²) in [6, 6.07) is 10.1. The van der Waals surface area contributed by atoms with Crippen LogP contribution in [0.25, 0.3) is 0 Å². The highest BCUT2D eigenvalue weighted by molar-refractivity contribution is 5.78. The summed E-state index contributed by atoms with van der Waals surface area (Å²) >= 11 is 0. The van der Waals surface area contributed by atoms with E-state index >= 15 is 0 Å². The largest absolute Gasteiger partial charge is 0.462 e. The van der Waals surface area contributed by atoms with Crippen molar-refractivity contribution in [1.29, 1.82) is 0 Å². The SMILES string of the molecule is CN1[C@@H]2CC(OC(=O)C(CO)c3ccccc3)C[C@H]1[C@@H]1O[C@@H]12.